The summed E-state index contributed by atoms with van der Waals surface area (Å²) in [5.74, 6) is -1.83. The van der Waals surface area contributed by atoms with E-state index in [2.05, 4.69) is 10.0 Å². The Kier molecular flexibility index (Phi) is 5.86. The van der Waals surface area contributed by atoms with Crippen LogP contribution in [0.3, 0.4) is 0 Å². The third kappa shape index (κ3) is 4.83. The van der Waals surface area contributed by atoms with E-state index in [9.17, 15) is 22.0 Å². The molecular formula is C17H18F2N2O3S. The molecular weight excluding hydrogens is 350 g/mol. The lowest BCUT2D eigenvalue weighted by molar-refractivity contribution is -0.122. The number of hydrogen-bond acceptors (Lipinski definition) is 3. The number of halogens is 2. The topological polar surface area (TPSA) is 75.3 Å². The molecule has 0 aromatic heterocycles. The number of rotatable bonds is 6. The smallest absolute Gasteiger partial charge is 0.244 e. The van der Waals surface area contributed by atoms with Crippen molar-refractivity contribution in [3.8, 4) is 0 Å². The number of carbonyl (C=O) groups is 1. The third-order valence-electron chi connectivity index (χ3n) is 3.54. The van der Waals surface area contributed by atoms with Crippen LogP contribution in [0.5, 0.6) is 0 Å². The van der Waals surface area contributed by atoms with Crippen molar-refractivity contribution in [2.24, 2.45) is 0 Å². The SMILES string of the molecule is Cc1cc(CNC(=O)[C@H](C)NS(=O)(=O)c2ccccc2F)ccc1F. The molecule has 2 aromatic carbocycles. The largest absolute Gasteiger partial charge is 0.351 e. The van der Waals surface area contributed by atoms with E-state index in [1.165, 1.54) is 31.2 Å². The van der Waals surface area contributed by atoms with Crippen LogP contribution >= 0.6 is 0 Å². The van der Waals surface area contributed by atoms with E-state index in [-0.39, 0.29) is 12.4 Å². The molecule has 0 aliphatic carbocycles. The van der Waals surface area contributed by atoms with Crippen LogP contribution in [0.1, 0.15) is 18.1 Å². The number of amides is 1. The summed E-state index contributed by atoms with van der Waals surface area (Å²) >= 11 is 0. The molecule has 134 valence electrons. The molecule has 0 unspecified atom stereocenters. The van der Waals surface area contributed by atoms with Gasteiger partial charge in [-0.05, 0) is 43.2 Å². The zero-order valence-electron chi connectivity index (χ0n) is 13.7. The third-order valence-corrected chi connectivity index (χ3v) is 5.11. The minimum absolute atomic E-state index is 0.117. The van der Waals surface area contributed by atoms with Crippen molar-refractivity contribution in [2.75, 3.05) is 0 Å². The Morgan fingerprint density at radius 2 is 1.80 bits per heavy atom. The van der Waals surface area contributed by atoms with E-state index >= 15 is 0 Å². The zero-order chi connectivity index (χ0) is 18.6. The van der Waals surface area contributed by atoms with Gasteiger partial charge in [0.05, 0.1) is 6.04 Å². The minimum Gasteiger partial charge on any atom is -0.351 e. The van der Waals surface area contributed by atoms with E-state index in [1.807, 2.05) is 0 Å². The van der Waals surface area contributed by atoms with Gasteiger partial charge in [0.2, 0.25) is 15.9 Å². The Bertz CT molecular complexity index is 885. The average molecular weight is 368 g/mol. The van der Waals surface area contributed by atoms with Crippen molar-refractivity contribution in [3.05, 3.63) is 65.2 Å². The highest BCUT2D eigenvalue weighted by atomic mass is 32.2. The highest BCUT2D eigenvalue weighted by molar-refractivity contribution is 7.89. The molecule has 2 rings (SSSR count). The molecule has 2 aromatic rings. The summed E-state index contributed by atoms with van der Waals surface area (Å²) in [5.41, 5.74) is 1.12. The quantitative estimate of drug-likeness (QED) is 0.821. The van der Waals surface area contributed by atoms with Gasteiger partial charge >= 0.3 is 0 Å². The molecule has 1 amide bonds. The number of sulfonamides is 1. The predicted molar refractivity (Wildman–Crippen MR) is 89.2 cm³/mol. The van der Waals surface area contributed by atoms with Gasteiger partial charge in [-0.3, -0.25) is 4.79 Å². The zero-order valence-corrected chi connectivity index (χ0v) is 14.5. The van der Waals surface area contributed by atoms with Crippen molar-refractivity contribution in [1.82, 2.24) is 10.0 Å². The molecule has 0 fully saturated rings. The first kappa shape index (κ1) is 19.0. The van der Waals surface area contributed by atoms with Crippen LogP contribution in [0, 0.1) is 18.6 Å². The highest BCUT2D eigenvalue weighted by Gasteiger charge is 2.24. The first-order valence-corrected chi connectivity index (χ1v) is 8.98. The van der Waals surface area contributed by atoms with Gasteiger partial charge < -0.3 is 5.32 Å². The van der Waals surface area contributed by atoms with Crippen molar-refractivity contribution < 1.29 is 22.0 Å². The average Bonchev–Trinajstić information content (AvgIpc) is 2.55. The molecule has 0 radical (unpaired) electrons. The Morgan fingerprint density at radius 3 is 2.44 bits per heavy atom. The second kappa shape index (κ2) is 7.71. The van der Waals surface area contributed by atoms with Crippen molar-refractivity contribution in [3.63, 3.8) is 0 Å². The van der Waals surface area contributed by atoms with E-state index in [4.69, 9.17) is 0 Å². The number of hydrogen-bond donors (Lipinski definition) is 2. The molecule has 5 nitrogen and oxygen atoms in total. The lowest BCUT2D eigenvalue weighted by atomic mass is 10.1. The van der Waals surface area contributed by atoms with Crippen LogP contribution in [0.2, 0.25) is 0 Å². The maximum absolute atomic E-state index is 13.6. The molecule has 2 N–H and O–H groups in total. The van der Waals surface area contributed by atoms with E-state index in [0.29, 0.717) is 11.1 Å². The van der Waals surface area contributed by atoms with E-state index < -0.39 is 32.7 Å². The fraction of sp³-hybridized carbons (Fsp3) is 0.235. The van der Waals surface area contributed by atoms with Gasteiger partial charge in [0.1, 0.15) is 16.5 Å². The minimum atomic E-state index is -4.17. The normalized spacial score (nSPS) is 12.6. The lowest BCUT2D eigenvalue weighted by Gasteiger charge is -2.15. The standard InChI is InChI=1S/C17H18F2N2O3S/c1-11-9-13(7-8-14(11)18)10-20-17(22)12(2)21-25(23,24)16-6-4-3-5-15(16)19/h3-9,12,21H,10H2,1-2H3,(H,20,22)/t12-/m0/s1. The van der Waals surface area contributed by atoms with Gasteiger partial charge in [-0.1, -0.05) is 24.3 Å². The summed E-state index contributed by atoms with van der Waals surface area (Å²) in [4.78, 5) is 11.5. The van der Waals surface area contributed by atoms with E-state index in [0.717, 1.165) is 12.1 Å². The summed E-state index contributed by atoms with van der Waals surface area (Å²) in [6.07, 6.45) is 0. The Morgan fingerprint density at radius 1 is 1.12 bits per heavy atom. The summed E-state index contributed by atoms with van der Waals surface area (Å²) < 4.78 is 53.3. The number of nitrogens with one attached hydrogen (secondary N) is 2. The van der Waals surface area contributed by atoms with Crippen LogP contribution < -0.4 is 10.0 Å². The Balaban J connectivity index is 2.00. The van der Waals surface area contributed by atoms with Crippen molar-refractivity contribution in [1.29, 1.82) is 0 Å². The molecule has 0 aliphatic heterocycles. The van der Waals surface area contributed by atoms with E-state index in [1.54, 1.807) is 13.0 Å². The maximum Gasteiger partial charge on any atom is 0.244 e. The monoisotopic (exact) mass is 368 g/mol. The van der Waals surface area contributed by atoms with Gasteiger partial charge in [-0.2, -0.15) is 4.72 Å². The van der Waals surface area contributed by atoms with Gasteiger partial charge in [-0.15, -0.1) is 0 Å². The second-order valence-corrected chi connectivity index (χ2v) is 7.26. The van der Waals surface area contributed by atoms with Crippen molar-refractivity contribution >= 4 is 15.9 Å². The summed E-state index contributed by atoms with van der Waals surface area (Å²) in [7, 11) is -4.17. The molecule has 8 heteroatoms. The highest BCUT2D eigenvalue weighted by Crippen LogP contribution is 2.14. The lowest BCUT2D eigenvalue weighted by Crippen LogP contribution is -2.44. The van der Waals surface area contributed by atoms with Gasteiger partial charge in [0.25, 0.3) is 0 Å². The fourth-order valence-corrected chi connectivity index (χ4v) is 3.45. The Hall–Kier alpha value is -2.32. The molecule has 0 saturated heterocycles. The maximum atomic E-state index is 13.6. The van der Waals surface area contributed by atoms with Crippen LogP contribution in [-0.2, 0) is 21.4 Å². The summed E-state index contributed by atoms with van der Waals surface area (Å²) in [6.45, 7) is 3.07. The summed E-state index contributed by atoms with van der Waals surface area (Å²) in [6, 6.07) is 8.20. The number of benzene rings is 2. The number of carbonyl (C=O) groups excluding carboxylic acids is 1. The van der Waals surface area contributed by atoms with Gasteiger partial charge in [0.15, 0.2) is 0 Å². The molecule has 0 spiro atoms. The summed E-state index contributed by atoms with van der Waals surface area (Å²) in [5, 5.41) is 2.55. The van der Waals surface area contributed by atoms with Crippen LogP contribution in [-0.4, -0.2) is 20.4 Å². The predicted octanol–water partition coefficient (Wildman–Crippen LogP) is 2.26. The second-order valence-electron chi connectivity index (χ2n) is 5.57. The van der Waals surface area contributed by atoms with Gasteiger partial charge in [0, 0.05) is 6.54 Å². The molecule has 0 saturated carbocycles. The van der Waals surface area contributed by atoms with Gasteiger partial charge in [-0.25, -0.2) is 17.2 Å². The first-order valence-electron chi connectivity index (χ1n) is 7.50. The molecule has 0 aliphatic rings. The molecule has 0 bridgehead atoms. The van der Waals surface area contributed by atoms with Crippen LogP contribution in [0.15, 0.2) is 47.4 Å². The Labute approximate surface area is 145 Å². The first-order chi connectivity index (χ1) is 11.7. The van der Waals surface area contributed by atoms with Crippen molar-refractivity contribution in [2.45, 2.75) is 31.3 Å². The van der Waals surface area contributed by atoms with Crippen LogP contribution in [0.25, 0.3) is 0 Å². The van der Waals surface area contributed by atoms with Crippen LogP contribution in [0.4, 0.5) is 8.78 Å². The molecule has 1 atom stereocenters. The fourth-order valence-electron chi connectivity index (χ4n) is 2.17. The number of aryl methyl sites for hydroxylation is 1. The molecule has 0 heterocycles. The molecule has 25 heavy (non-hydrogen) atoms.